The molecule has 1 aromatic heterocycles. The van der Waals surface area contributed by atoms with Crippen LogP contribution in [0.15, 0.2) is 30.5 Å². The summed E-state index contributed by atoms with van der Waals surface area (Å²) in [6.07, 6.45) is 5.41. The van der Waals surface area contributed by atoms with Crippen molar-refractivity contribution in [3.8, 4) is 5.88 Å². The summed E-state index contributed by atoms with van der Waals surface area (Å²) in [5, 5.41) is 4.12. The highest BCUT2D eigenvalue weighted by Gasteiger charge is 2.53. The van der Waals surface area contributed by atoms with Crippen LogP contribution in [0.1, 0.15) is 41.5 Å². The van der Waals surface area contributed by atoms with E-state index >= 15 is 0 Å². The van der Waals surface area contributed by atoms with Crippen molar-refractivity contribution < 1.29 is 19.0 Å². The number of hydrogen-bond acceptors (Lipinski definition) is 6. The van der Waals surface area contributed by atoms with E-state index in [-0.39, 0.29) is 17.9 Å². The molecule has 3 aliphatic rings. The van der Waals surface area contributed by atoms with Crippen molar-refractivity contribution in [3.05, 3.63) is 57.7 Å². The van der Waals surface area contributed by atoms with Crippen LogP contribution >= 0.6 is 11.6 Å². The van der Waals surface area contributed by atoms with Gasteiger partial charge in [-0.25, -0.2) is 4.98 Å². The topological polar surface area (TPSA) is 72.9 Å². The zero-order valence-corrected chi connectivity index (χ0v) is 20.6. The fraction of sp³-hybridized carbons (Fsp3) is 0.538. The van der Waals surface area contributed by atoms with Crippen molar-refractivity contribution >= 4 is 17.5 Å². The van der Waals surface area contributed by atoms with E-state index in [1.54, 1.807) is 14.2 Å². The van der Waals surface area contributed by atoms with Crippen molar-refractivity contribution in [1.82, 2.24) is 15.2 Å². The van der Waals surface area contributed by atoms with Gasteiger partial charge in [-0.1, -0.05) is 23.7 Å². The van der Waals surface area contributed by atoms with Gasteiger partial charge in [0.1, 0.15) is 5.60 Å². The number of rotatable bonds is 8. The normalized spacial score (nSPS) is 23.7. The molecule has 34 heavy (non-hydrogen) atoms. The molecule has 2 aromatic rings. The minimum atomic E-state index is -0.662. The smallest absolute Gasteiger partial charge is 0.230 e. The van der Waals surface area contributed by atoms with Gasteiger partial charge in [0, 0.05) is 49.1 Å². The van der Waals surface area contributed by atoms with Gasteiger partial charge < -0.3 is 24.4 Å². The number of amides is 1. The van der Waals surface area contributed by atoms with Crippen LogP contribution in [0.5, 0.6) is 5.88 Å². The zero-order valence-electron chi connectivity index (χ0n) is 19.8. The molecule has 182 valence electrons. The van der Waals surface area contributed by atoms with E-state index in [1.165, 1.54) is 0 Å². The summed E-state index contributed by atoms with van der Waals surface area (Å²) in [6, 6.07) is 8.26. The van der Waals surface area contributed by atoms with Crippen molar-refractivity contribution in [3.63, 3.8) is 0 Å². The zero-order chi connectivity index (χ0) is 23.7. The Morgan fingerprint density at radius 2 is 2.18 bits per heavy atom. The first kappa shape index (κ1) is 23.5. The SMILES string of the molecule is COCCc1ccc(Cl)c(CN(C(=O)C2CNCC[C@@]23OCc2cnc(OC)cc23)C2CC2)c1. The molecule has 1 amide bonds. The summed E-state index contributed by atoms with van der Waals surface area (Å²) in [4.78, 5) is 20.6. The van der Waals surface area contributed by atoms with Crippen LogP contribution in [0.3, 0.4) is 0 Å². The van der Waals surface area contributed by atoms with E-state index in [1.807, 2.05) is 29.3 Å². The Balaban J connectivity index is 1.44. The van der Waals surface area contributed by atoms with Crippen LogP contribution < -0.4 is 10.1 Å². The molecule has 3 heterocycles. The van der Waals surface area contributed by atoms with Gasteiger partial charge in [0.15, 0.2) is 0 Å². The molecule has 7 nitrogen and oxygen atoms in total. The molecular formula is C26H32ClN3O4. The molecule has 1 spiro atoms. The van der Waals surface area contributed by atoms with E-state index in [4.69, 9.17) is 25.8 Å². The first-order valence-electron chi connectivity index (χ1n) is 12.0. The number of benzene rings is 1. The lowest BCUT2D eigenvalue weighted by molar-refractivity contribution is -0.157. The van der Waals surface area contributed by atoms with Gasteiger partial charge in [-0.2, -0.15) is 0 Å². The maximum absolute atomic E-state index is 14.2. The molecule has 1 saturated heterocycles. The number of nitrogens with zero attached hydrogens (tertiary/aromatic N) is 2. The Bertz CT molecular complexity index is 1060. The summed E-state index contributed by atoms with van der Waals surface area (Å²) < 4.78 is 17.1. The number of nitrogens with one attached hydrogen (secondary N) is 1. The minimum absolute atomic E-state index is 0.122. The first-order chi connectivity index (χ1) is 16.6. The van der Waals surface area contributed by atoms with Crippen molar-refractivity contribution in [1.29, 1.82) is 0 Å². The Morgan fingerprint density at radius 3 is 2.94 bits per heavy atom. The molecule has 0 radical (unpaired) electrons. The third-order valence-corrected chi connectivity index (χ3v) is 7.68. The molecule has 1 aromatic carbocycles. The molecular weight excluding hydrogens is 454 g/mol. The summed E-state index contributed by atoms with van der Waals surface area (Å²) in [5.41, 5.74) is 3.55. The second-order valence-electron chi connectivity index (χ2n) is 9.43. The van der Waals surface area contributed by atoms with Gasteiger partial charge in [0.05, 0.1) is 26.2 Å². The summed E-state index contributed by atoms with van der Waals surface area (Å²) in [5.74, 6) is 0.342. The number of ether oxygens (including phenoxy) is 3. The maximum atomic E-state index is 14.2. The highest BCUT2D eigenvalue weighted by atomic mass is 35.5. The predicted molar refractivity (Wildman–Crippen MR) is 129 cm³/mol. The average Bonchev–Trinajstić information content (AvgIpc) is 3.65. The fourth-order valence-electron chi connectivity index (χ4n) is 5.29. The predicted octanol–water partition coefficient (Wildman–Crippen LogP) is 3.46. The van der Waals surface area contributed by atoms with E-state index in [0.717, 1.165) is 54.5 Å². The summed E-state index contributed by atoms with van der Waals surface area (Å²) >= 11 is 6.58. The lowest BCUT2D eigenvalue weighted by Gasteiger charge is -2.43. The molecule has 0 bridgehead atoms. The van der Waals surface area contributed by atoms with E-state index in [9.17, 15) is 4.79 Å². The molecule has 1 N–H and O–H groups in total. The number of halogens is 1. The number of piperidine rings is 1. The average molecular weight is 486 g/mol. The van der Waals surface area contributed by atoms with Crippen LogP contribution in [0.2, 0.25) is 5.02 Å². The Labute approximate surface area is 205 Å². The highest BCUT2D eigenvalue weighted by molar-refractivity contribution is 6.31. The first-order valence-corrected chi connectivity index (χ1v) is 12.4. The number of aromatic nitrogens is 1. The van der Waals surface area contributed by atoms with Crippen molar-refractivity contribution in [2.24, 2.45) is 5.92 Å². The molecule has 1 unspecified atom stereocenters. The van der Waals surface area contributed by atoms with E-state index in [0.29, 0.717) is 37.2 Å². The number of carbonyl (C=O) groups is 1. The highest BCUT2D eigenvalue weighted by Crippen LogP contribution is 2.48. The van der Waals surface area contributed by atoms with Crippen LogP contribution in [-0.4, -0.2) is 55.7 Å². The lowest BCUT2D eigenvalue weighted by Crippen LogP contribution is -2.55. The van der Waals surface area contributed by atoms with Gasteiger partial charge in [-0.05, 0) is 55.0 Å². The standard InChI is InChI=1S/C26H32ClN3O4/c1-32-10-7-17-3-6-23(27)18(11-17)15-30(20-4-5-20)25(31)22-14-28-9-8-26(22)21-12-24(33-2)29-13-19(21)16-34-26/h3,6,11-13,20,22,28H,4-5,7-10,14-16H2,1-2H3/t22?,26-/m0/s1. The van der Waals surface area contributed by atoms with Crippen LogP contribution in [0.25, 0.3) is 0 Å². The monoisotopic (exact) mass is 485 g/mol. The van der Waals surface area contributed by atoms with Crippen LogP contribution in [0, 0.1) is 5.92 Å². The van der Waals surface area contributed by atoms with E-state index in [2.05, 4.69) is 16.4 Å². The van der Waals surface area contributed by atoms with Crippen molar-refractivity contribution in [2.45, 2.75) is 50.5 Å². The Hall–Kier alpha value is -2.19. The van der Waals surface area contributed by atoms with Gasteiger partial charge in [-0.3, -0.25) is 4.79 Å². The largest absolute Gasteiger partial charge is 0.481 e. The second-order valence-corrected chi connectivity index (χ2v) is 9.84. The minimum Gasteiger partial charge on any atom is -0.481 e. The molecule has 8 heteroatoms. The Kier molecular flexibility index (Phi) is 6.80. The summed E-state index contributed by atoms with van der Waals surface area (Å²) in [7, 11) is 3.31. The van der Waals surface area contributed by atoms with Gasteiger partial charge in [0.25, 0.3) is 0 Å². The molecule has 1 saturated carbocycles. The number of pyridine rings is 1. The number of hydrogen-bond donors (Lipinski definition) is 1. The molecule has 1 aliphatic carbocycles. The number of methoxy groups -OCH3 is 2. The van der Waals surface area contributed by atoms with Crippen LogP contribution in [0.4, 0.5) is 0 Å². The van der Waals surface area contributed by atoms with Crippen molar-refractivity contribution in [2.75, 3.05) is 33.9 Å². The molecule has 2 atom stereocenters. The number of carbonyl (C=O) groups excluding carboxylic acids is 1. The molecule has 5 rings (SSSR count). The third-order valence-electron chi connectivity index (χ3n) is 7.31. The molecule has 2 fully saturated rings. The maximum Gasteiger partial charge on any atom is 0.230 e. The quantitative estimate of drug-likeness (QED) is 0.617. The number of fused-ring (bicyclic) bond motifs is 2. The van der Waals surface area contributed by atoms with Gasteiger partial charge in [-0.15, -0.1) is 0 Å². The van der Waals surface area contributed by atoms with Gasteiger partial charge in [0.2, 0.25) is 11.8 Å². The molecule has 2 aliphatic heterocycles. The Morgan fingerprint density at radius 1 is 1.32 bits per heavy atom. The third kappa shape index (κ3) is 4.42. The van der Waals surface area contributed by atoms with E-state index < -0.39 is 5.60 Å². The fourth-order valence-corrected chi connectivity index (χ4v) is 5.47. The van der Waals surface area contributed by atoms with Gasteiger partial charge >= 0.3 is 0 Å². The summed E-state index contributed by atoms with van der Waals surface area (Å²) in [6.45, 7) is 2.99. The second kappa shape index (κ2) is 9.82. The van der Waals surface area contributed by atoms with Crippen LogP contribution in [-0.2, 0) is 39.4 Å². The lowest BCUT2D eigenvalue weighted by atomic mass is 9.75.